The first-order chi connectivity index (χ1) is 9.21. The van der Waals surface area contributed by atoms with Crippen LogP contribution in [0.4, 0.5) is 0 Å². The van der Waals surface area contributed by atoms with Crippen molar-refractivity contribution >= 4 is 0 Å². The van der Waals surface area contributed by atoms with Crippen LogP contribution >= 0.6 is 0 Å². The number of rotatable bonds is 6. The summed E-state index contributed by atoms with van der Waals surface area (Å²) in [6.07, 6.45) is 1.13. The molecule has 2 N–H and O–H groups in total. The number of hydrogen-bond donors (Lipinski definition) is 2. The van der Waals surface area contributed by atoms with Crippen LogP contribution in [0.25, 0.3) is 0 Å². The average Bonchev–Trinajstić information content (AvgIpc) is 2.85. The Hall–Kier alpha value is -1.26. The third-order valence-electron chi connectivity index (χ3n) is 3.87. The summed E-state index contributed by atoms with van der Waals surface area (Å²) in [5, 5.41) is 6.73. The number of benzene rings is 1. The summed E-state index contributed by atoms with van der Waals surface area (Å²) in [7, 11) is 4.02. The fourth-order valence-corrected chi connectivity index (χ4v) is 2.80. The van der Waals surface area contributed by atoms with Gasteiger partial charge in [0.2, 0.25) is 6.79 Å². The van der Waals surface area contributed by atoms with Crippen LogP contribution in [0.1, 0.15) is 30.5 Å². The molecule has 1 aliphatic heterocycles. The number of ether oxygens (including phenoxy) is 2. The van der Waals surface area contributed by atoms with E-state index in [1.54, 1.807) is 0 Å². The molecule has 0 saturated heterocycles. The molecule has 106 valence electrons. The average molecular weight is 264 g/mol. The lowest BCUT2D eigenvalue weighted by Gasteiger charge is -2.27. The van der Waals surface area contributed by atoms with E-state index in [-0.39, 0.29) is 0 Å². The van der Waals surface area contributed by atoms with E-state index in [4.69, 9.17) is 9.47 Å². The molecule has 2 atom stereocenters. The highest BCUT2D eigenvalue weighted by Crippen LogP contribution is 2.38. The zero-order valence-corrected chi connectivity index (χ0v) is 12.2. The maximum atomic E-state index is 5.50. The first-order valence-electron chi connectivity index (χ1n) is 6.93. The van der Waals surface area contributed by atoms with Gasteiger partial charge in [-0.3, -0.25) is 0 Å². The molecule has 0 bridgehead atoms. The van der Waals surface area contributed by atoms with Crippen LogP contribution in [0.15, 0.2) is 12.1 Å². The predicted molar refractivity (Wildman–Crippen MR) is 76.8 cm³/mol. The van der Waals surface area contributed by atoms with Crippen LogP contribution in [-0.2, 0) is 0 Å². The molecule has 2 rings (SSSR count). The van der Waals surface area contributed by atoms with Crippen molar-refractivity contribution in [2.24, 2.45) is 5.92 Å². The van der Waals surface area contributed by atoms with Gasteiger partial charge in [-0.15, -0.1) is 0 Å². The Bertz CT molecular complexity index is 434. The van der Waals surface area contributed by atoms with Gasteiger partial charge in [-0.25, -0.2) is 0 Å². The molecule has 0 saturated carbocycles. The van der Waals surface area contributed by atoms with Gasteiger partial charge in [0.15, 0.2) is 11.5 Å². The van der Waals surface area contributed by atoms with E-state index in [1.807, 2.05) is 14.1 Å². The van der Waals surface area contributed by atoms with Gasteiger partial charge < -0.3 is 20.1 Å². The van der Waals surface area contributed by atoms with Crippen LogP contribution in [0, 0.1) is 12.8 Å². The smallest absolute Gasteiger partial charge is 0.231 e. The van der Waals surface area contributed by atoms with E-state index in [0.717, 1.165) is 24.5 Å². The van der Waals surface area contributed by atoms with Crippen molar-refractivity contribution in [3.63, 3.8) is 0 Å². The molecular formula is C15H24N2O2. The summed E-state index contributed by atoms with van der Waals surface area (Å²) in [5.41, 5.74) is 2.55. The first-order valence-corrected chi connectivity index (χ1v) is 6.93. The van der Waals surface area contributed by atoms with Crippen molar-refractivity contribution < 1.29 is 9.47 Å². The van der Waals surface area contributed by atoms with Gasteiger partial charge in [0.05, 0.1) is 0 Å². The first kappa shape index (κ1) is 14.2. The molecule has 0 amide bonds. The second kappa shape index (κ2) is 6.26. The molecule has 4 heteroatoms. The molecule has 1 heterocycles. The van der Waals surface area contributed by atoms with Crippen LogP contribution in [0.2, 0.25) is 0 Å². The summed E-state index contributed by atoms with van der Waals surface area (Å²) >= 11 is 0. The zero-order valence-electron chi connectivity index (χ0n) is 12.2. The lowest BCUT2D eigenvalue weighted by molar-refractivity contribution is 0.174. The van der Waals surface area contributed by atoms with Crippen molar-refractivity contribution in [2.45, 2.75) is 26.3 Å². The van der Waals surface area contributed by atoms with Gasteiger partial charge in [0.1, 0.15) is 0 Å². The number of nitrogens with one attached hydrogen (secondary N) is 2. The summed E-state index contributed by atoms with van der Waals surface area (Å²) in [6.45, 7) is 5.69. The minimum atomic E-state index is 0.326. The molecule has 0 fully saturated rings. The third kappa shape index (κ3) is 2.85. The van der Waals surface area contributed by atoms with Gasteiger partial charge in [-0.05, 0) is 56.7 Å². The molecule has 4 nitrogen and oxygen atoms in total. The summed E-state index contributed by atoms with van der Waals surface area (Å²) in [6, 6.07) is 4.53. The van der Waals surface area contributed by atoms with E-state index >= 15 is 0 Å². The van der Waals surface area contributed by atoms with E-state index < -0.39 is 0 Å². The molecule has 1 aromatic rings. The third-order valence-corrected chi connectivity index (χ3v) is 3.87. The monoisotopic (exact) mass is 264 g/mol. The van der Waals surface area contributed by atoms with Crippen molar-refractivity contribution in [1.29, 1.82) is 0 Å². The fraction of sp³-hybridized carbons (Fsp3) is 0.600. The quantitative estimate of drug-likeness (QED) is 0.827. The highest BCUT2D eigenvalue weighted by atomic mass is 16.7. The highest BCUT2D eigenvalue weighted by Gasteiger charge is 2.24. The second-order valence-corrected chi connectivity index (χ2v) is 5.05. The molecule has 1 aliphatic rings. The molecule has 0 aliphatic carbocycles. The Morgan fingerprint density at radius 3 is 2.47 bits per heavy atom. The van der Waals surface area contributed by atoms with Crippen molar-refractivity contribution in [3.05, 3.63) is 23.3 Å². The molecule has 0 spiro atoms. The van der Waals surface area contributed by atoms with E-state index in [2.05, 4.69) is 36.6 Å². The molecule has 0 aromatic heterocycles. The van der Waals surface area contributed by atoms with E-state index in [9.17, 15) is 0 Å². The molecule has 2 unspecified atom stereocenters. The van der Waals surface area contributed by atoms with Crippen molar-refractivity contribution in [1.82, 2.24) is 10.6 Å². The van der Waals surface area contributed by atoms with Crippen LogP contribution in [0.5, 0.6) is 11.5 Å². The van der Waals surface area contributed by atoms with E-state index in [1.165, 1.54) is 11.1 Å². The number of aryl methyl sites for hydroxylation is 1. The fourth-order valence-electron chi connectivity index (χ4n) is 2.80. The van der Waals surface area contributed by atoms with E-state index in [0.29, 0.717) is 18.8 Å². The molecular weight excluding hydrogens is 240 g/mol. The van der Waals surface area contributed by atoms with Gasteiger partial charge in [0, 0.05) is 6.04 Å². The van der Waals surface area contributed by atoms with Gasteiger partial charge in [0.25, 0.3) is 0 Å². The summed E-state index contributed by atoms with van der Waals surface area (Å²) in [4.78, 5) is 0. The zero-order chi connectivity index (χ0) is 13.8. The Kier molecular flexibility index (Phi) is 4.66. The van der Waals surface area contributed by atoms with Crippen molar-refractivity contribution in [3.8, 4) is 11.5 Å². The predicted octanol–water partition coefficient (Wildman–Crippen LogP) is 2.23. The lowest BCUT2D eigenvalue weighted by atomic mass is 9.88. The molecule has 0 radical (unpaired) electrons. The van der Waals surface area contributed by atoms with Crippen molar-refractivity contribution in [2.75, 3.05) is 27.4 Å². The number of fused-ring (bicyclic) bond motifs is 1. The topological polar surface area (TPSA) is 42.5 Å². The van der Waals surface area contributed by atoms with Crippen LogP contribution in [0.3, 0.4) is 0 Å². The minimum Gasteiger partial charge on any atom is -0.454 e. The Morgan fingerprint density at radius 1 is 1.21 bits per heavy atom. The Morgan fingerprint density at radius 2 is 1.89 bits per heavy atom. The maximum Gasteiger partial charge on any atom is 0.231 e. The van der Waals surface area contributed by atoms with Gasteiger partial charge >= 0.3 is 0 Å². The maximum absolute atomic E-state index is 5.50. The largest absolute Gasteiger partial charge is 0.454 e. The molecule has 19 heavy (non-hydrogen) atoms. The second-order valence-electron chi connectivity index (χ2n) is 5.05. The Balaban J connectivity index is 2.32. The molecule has 1 aromatic carbocycles. The summed E-state index contributed by atoms with van der Waals surface area (Å²) < 4.78 is 10.9. The number of hydrogen-bond acceptors (Lipinski definition) is 4. The van der Waals surface area contributed by atoms with Crippen LogP contribution < -0.4 is 20.1 Å². The van der Waals surface area contributed by atoms with Gasteiger partial charge in [-0.2, -0.15) is 0 Å². The Labute approximate surface area is 115 Å². The SMILES string of the molecule is CCC(CNC)C(NC)c1cc2c(cc1C)OCO2. The standard InChI is InChI=1S/C15H24N2O2/c1-5-11(8-16-3)15(17-4)12-7-14-13(6-10(12)2)18-9-19-14/h6-7,11,15-17H,5,8-9H2,1-4H3. The minimum absolute atomic E-state index is 0.326. The lowest BCUT2D eigenvalue weighted by Crippen LogP contribution is -2.32. The normalized spacial score (nSPS) is 16.4. The van der Waals surface area contributed by atoms with Gasteiger partial charge in [-0.1, -0.05) is 13.3 Å². The summed E-state index contributed by atoms with van der Waals surface area (Å²) in [5.74, 6) is 2.27. The van der Waals surface area contributed by atoms with Crippen LogP contribution in [-0.4, -0.2) is 27.4 Å². The highest BCUT2D eigenvalue weighted by molar-refractivity contribution is 5.49.